The zero-order valence-corrected chi connectivity index (χ0v) is 11.6. The minimum absolute atomic E-state index is 0.0344. The summed E-state index contributed by atoms with van der Waals surface area (Å²) in [4.78, 5) is 22.6. The fraction of sp³-hybridized carbons (Fsp3) is 0.231. The van der Waals surface area contributed by atoms with Gasteiger partial charge in [-0.2, -0.15) is 0 Å². The Hall–Kier alpha value is -2.15. The normalized spacial score (nSPS) is 10.2. The van der Waals surface area contributed by atoms with Gasteiger partial charge in [-0.1, -0.05) is 30.0 Å². The summed E-state index contributed by atoms with van der Waals surface area (Å²) in [5.74, 6) is 0.423. The van der Waals surface area contributed by atoms with E-state index in [0.717, 1.165) is 0 Å². The van der Waals surface area contributed by atoms with Gasteiger partial charge in [-0.15, -0.1) is 10.2 Å². The van der Waals surface area contributed by atoms with Gasteiger partial charge in [0.05, 0.1) is 12.3 Å². The van der Waals surface area contributed by atoms with E-state index >= 15 is 0 Å². The molecule has 2 aromatic rings. The van der Waals surface area contributed by atoms with Crippen LogP contribution in [0, 0.1) is 0 Å². The molecule has 1 heterocycles. The number of hydrogen-bond acceptors (Lipinski definition) is 6. The van der Waals surface area contributed by atoms with Crippen molar-refractivity contribution >= 4 is 23.5 Å². The molecule has 20 heavy (non-hydrogen) atoms. The van der Waals surface area contributed by atoms with Gasteiger partial charge in [-0.05, 0) is 19.1 Å². The number of carbonyl (C=O) groups excluding carboxylic acids is 2. The lowest BCUT2D eigenvalue weighted by Gasteiger charge is -2.01. The van der Waals surface area contributed by atoms with E-state index in [-0.39, 0.29) is 24.0 Å². The molecule has 0 fully saturated rings. The highest BCUT2D eigenvalue weighted by atomic mass is 32.2. The fourth-order valence-electron chi connectivity index (χ4n) is 1.38. The Morgan fingerprint density at radius 1 is 1.25 bits per heavy atom. The number of nitrogens with one attached hydrogen (secondary N) is 1. The summed E-state index contributed by atoms with van der Waals surface area (Å²) in [5.41, 5.74) is 0.568. The molecule has 0 saturated carbocycles. The molecule has 0 aliphatic heterocycles. The molecule has 1 aromatic heterocycles. The Morgan fingerprint density at radius 2 is 2.00 bits per heavy atom. The summed E-state index contributed by atoms with van der Waals surface area (Å²) in [6, 6.07) is 8.86. The molecule has 6 nitrogen and oxygen atoms in total. The monoisotopic (exact) mass is 291 g/mol. The van der Waals surface area contributed by atoms with Gasteiger partial charge in [0, 0.05) is 5.56 Å². The molecular formula is C13H13N3O3S. The van der Waals surface area contributed by atoms with Crippen LogP contribution in [0.5, 0.6) is 0 Å². The van der Waals surface area contributed by atoms with Crippen molar-refractivity contribution in [2.75, 3.05) is 5.75 Å². The number of benzene rings is 1. The Bertz CT molecular complexity index is 598. The van der Waals surface area contributed by atoms with E-state index < -0.39 is 0 Å². The van der Waals surface area contributed by atoms with Gasteiger partial charge in [0.25, 0.3) is 11.1 Å². The smallest absolute Gasteiger partial charge is 0.277 e. The summed E-state index contributed by atoms with van der Waals surface area (Å²) in [7, 11) is 0. The maximum Gasteiger partial charge on any atom is 0.277 e. The highest BCUT2D eigenvalue weighted by molar-refractivity contribution is 7.99. The van der Waals surface area contributed by atoms with Crippen LogP contribution >= 0.6 is 11.8 Å². The maximum atomic E-state index is 11.8. The first-order valence-electron chi connectivity index (χ1n) is 5.93. The molecule has 1 aromatic carbocycles. The number of aromatic nitrogens is 2. The summed E-state index contributed by atoms with van der Waals surface area (Å²) in [5, 5.41) is 10.6. The second kappa shape index (κ2) is 6.85. The zero-order chi connectivity index (χ0) is 14.4. The second-order valence-corrected chi connectivity index (χ2v) is 4.93. The van der Waals surface area contributed by atoms with Gasteiger partial charge in [-0.25, -0.2) is 0 Å². The number of rotatable bonds is 6. The number of amides is 1. The van der Waals surface area contributed by atoms with Gasteiger partial charge < -0.3 is 9.73 Å². The van der Waals surface area contributed by atoms with E-state index in [1.807, 2.05) is 6.07 Å². The number of carbonyl (C=O) groups is 2. The van der Waals surface area contributed by atoms with Crippen LogP contribution in [0.3, 0.4) is 0 Å². The van der Waals surface area contributed by atoms with Crippen LogP contribution in [-0.2, 0) is 11.3 Å². The molecule has 0 unspecified atom stereocenters. The van der Waals surface area contributed by atoms with Crippen LogP contribution in [0.25, 0.3) is 0 Å². The van der Waals surface area contributed by atoms with Crippen LogP contribution in [0.2, 0.25) is 0 Å². The fourth-order valence-corrected chi connectivity index (χ4v) is 1.96. The lowest BCUT2D eigenvalue weighted by molar-refractivity contribution is -0.114. The molecule has 1 amide bonds. The van der Waals surface area contributed by atoms with Crippen LogP contribution in [-0.4, -0.2) is 27.6 Å². The Morgan fingerprint density at radius 3 is 2.70 bits per heavy atom. The molecule has 0 radical (unpaired) electrons. The van der Waals surface area contributed by atoms with Gasteiger partial charge in [0.2, 0.25) is 5.89 Å². The summed E-state index contributed by atoms with van der Waals surface area (Å²) >= 11 is 1.18. The molecule has 1 N–H and O–H groups in total. The summed E-state index contributed by atoms with van der Waals surface area (Å²) in [6.45, 7) is 1.64. The first-order chi connectivity index (χ1) is 9.65. The highest BCUT2D eigenvalue weighted by Crippen LogP contribution is 2.15. The lowest BCUT2D eigenvalue weighted by atomic mass is 10.2. The molecule has 0 aliphatic rings. The largest absolute Gasteiger partial charge is 0.414 e. The molecular weight excluding hydrogens is 278 g/mol. The average molecular weight is 291 g/mol. The van der Waals surface area contributed by atoms with Crippen LogP contribution < -0.4 is 5.32 Å². The first-order valence-corrected chi connectivity index (χ1v) is 6.91. The number of hydrogen-bond donors (Lipinski definition) is 1. The molecule has 0 bridgehead atoms. The van der Waals surface area contributed by atoms with Crippen molar-refractivity contribution in [3.63, 3.8) is 0 Å². The summed E-state index contributed by atoms with van der Waals surface area (Å²) in [6.07, 6.45) is 0. The standard InChI is InChI=1S/C13H13N3O3S/c1-9(17)8-20-13-16-15-11(19-13)7-14-12(18)10-5-3-2-4-6-10/h2-6H,7-8H2,1H3,(H,14,18). The van der Waals surface area contributed by atoms with E-state index in [4.69, 9.17) is 4.42 Å². The van der Waals surface area contributed by atoms with Crippen molar-refractivity contribution in [2.24, 2.45) is 0 Å². The third kappa shape index (κ3) is 4.20. The zero-order valence-electron chi connectivity index (χ0n) is 10.8. The highest BCUT2D eigenvalue weighted by Gasteiger charge is 2.10. The van der Waals surface area contributed by atoms with Crippen LogP contribution in [0.4, 0.5) is 0 Å². The second-order valence-electron chi connectivity index (χ2n) is 4.00. The van der Waals surface area contributed by atoms with E-state index in [1.54, 1.807) is 24.3 Å². The van der Waals surface area contributed by atoms with Gasteiger partial charge in [0.1, 0.15) is 5.78 Å². The molecule has 0 spiro atoms. The van der Waals surface area contributed by atoms with Crippen molar-refractivity contribution in [1.82, 2.24) is 15.5 Å². The molecule has 104 valence electrons. The molecule has 0 aliphatic carbocycles. The van der Waals surface area contributed by atoms with Gasteiger partial charge in [-0.3, -0.25) is 9.59 Å². The maximum absolute atomic E-state index is 11.8. The third-order valence-electron chi connectivity index (χ3n) is 2.28. The number of nitrogens with zero attached hydrogens (tertiary/aromatic N) is 2. The van der Waals surface area contributed by atoms with Crippen molar-refractivity contribution in [2.45, 2.75) is 18.7 Å². The third-order valence-corrected chi connectivity index (χ3v) is 3.25. The van der Waals surface area contributed by atoms with Crippen LogP contribution in [0.1, 0.15) is 23.2 Å². The van der Waals surface area contributed by atoms with Gasteiger partial charge in [0.15, 0.2) is 0 Å². The molecule has 2 rings (SSSR count). The topological polar surface area (TPSA) is 85.1 Å². The lowest BCUT2D eigenvalue weighted by Crippen LogP contribution is -2.22. The summed E-state index contributed by atoms with van der Waals surface area (Å²) < 4.78 is 5.29. The molecule has 0 atom stereocenters. The average Bonchev–Trinajstić information content (AvgIpc) is 2.91. The molecule has 7 heteroatoms. The van der Waals surface area contributed by atoms with Crippen molar-refractivity contribution in [1.29, 1.82) is 0 Å². The number of ketones is 1. The predicted molar refractivity (Wildman–Crippen MR) is 73.3 cm³/mol. The number of Topliss-reactive ketones (excluding diaryl/α,β-unsaturated/α-hetero) is 1. The quantitative estimate of drug-likeness (QED) is 0.815. The van der Waals surface area contributed by atoms with Crippen molar-refractivity contribution in [3.05, 3.63) is 41.8 Å². The minimum Gasteiger partial charge on any atom is -0.414 e. The SMILES string of the molecule is CC(=O)CSc1nnc(CNC(=O)c2ccccc2)o1. The Kier molecular flexibility index (Phi) is 4.89. The van der Waals surface area contributed by atoms with Crippen molar-refractivity contribution < 1.29 is 14.0 Å². The Labute approximate surface area is 120 Å². The minimum atomic E-state index is -0.207. The van der Waals surface area contributed by atoms with E-state index in [1.165, 1.54) is 18.7 Å². The Balaban J connectivity index is 1.85. The molecule has 0 saturated heterocycles. The van der Waals surface area contributed by atoms with Crippen molar-refractivity contribution in [3.8, 4) is 0 Å². The van der Waals surface area contributed by atoms with E-state index in [2.05, 4.69) is 15.5 Å². The first kappa shape index (κ1) is 14.3. The van der Waals surface area contributed by atoms with Gasteiger partial charge >= 0.3 is 0 Å². The van der Waals surface area contributed by atoms with E-state index in [0.29, 0.717) is 16.7 Å². The van der Waals surface area contributed by atoms with Crippen LogP contribution in [0.15, 0.2) is 40.0 Å². The van der Waals surface area contributed by atoms with E-state index in [9.17, 15) is 9.59 Å². The predicted octanol–water partition coefficient (Wildman–Crippen LogP) is 1.68. The number of thioether (sulfide) groups is 1.